The van der Waals surface area contributed by atoms with Crippen LogP contribution < -0.4 is 10.9 Å². The molecule has 0 radical (unpaired) electrons. The minimum Gasteiger partial charge on any atom is -0.390 e. The number of rotatable bonds is 6. The third-order valence-electron chi connectivity index (χ3n) is 2.95. The Kier molecular flexibility index (Phi) is 4.65. The van der Waals surface area contributed by atoms with Gasteiger partial charge in [0.25, 0.3) is 5.56 Å². The van der Waals surface area contributed by atoms with Crippen LogP contribution in [0.2, 0.25) is 0 Å². The number of aliphatic hydroxyl groups is 1. The van der Waals surface area contributed by atoms with Crippen LogP contribution in [0.15, 0.2) is 35.4 Å². The summed E-state index contributed by atoms with van der Waals surface area (Å²) >= 11 is 0. The van der Waals surface area contributed by atoms with Crippen LogP contribution in [0.3, 0.4) is 0 Å². The second-order valence-corrected chi connectivity index (χ2v) is 4.58. The van der Waals surface area contributed by atoms with Gasteiger partial charge >= 0.3 is 0 Å². The Hall–Kier alpha value is -1.72. The number of hydrogen-bond acceptors (Lipinski definition) is 4. The molecule has 1 unspecified atom stereocenters. The summed E-state index contributed by atoms with van der Waals surface area (Å²) in [5, 5.41) is 13.6. The summed E-state index contributed by atoms with van der Waals surface area (Å²) in [6.07, 6.45) is 1.92. The van der Waals surface area contributed by atoms with Gasteiger partial charge in [0.15, 0.2) is 0 Å². The Labute approximate surface area is 111 Å². The third kappa shape index (κ3) is 3.39. The fourth-order valence-electron chi connectivity index (χ4n) is 1.97. The van der Waals surface area contributed by atoms with Gasteiger partial charge in [-0.25, -0.2) is 4.98 Å². The zero-order valence-corrected chi connectivity index (χ0v) is 11.0. The molecule has 5 nitrogen and oxygen atoms in total. The van der Waals surface area contributed by atoms with E-state index < -0.39 is 6.10 Å². The van der Waals surface area contributed by atoms with Gasteiger partial charge in [-0.2, -0.15) is 0 Å². The van der Waals surface area contributed by atoms with E-state index in [9.17, 15) is 9.90 Å². The number of fused-ring (bicyclic) bond motifs is 1. The molecule has 0 aliphatic carbocycles. The highest BCUT2D eigenvalue weighted by molar-refractivity contribution is 5.76. The second kappa shape index (κ2) is 6.45. The molecule has 102 valence electrons. The number of benzene rings is 1. The number of hydrogen-bond donors (Lipinski definition) is 2. The minimum atomic E-state index is -0.591. The van der Waals surface area contributed by atoms with E-state index in [1.54, 1.807) is 12.1 Å². The van der Waals surface area contributed by atoms with Crippen molar-refractivity contribution >= 4 is 10.9 Å². The predicted molar refractivity (Wildman–Crippen MR) is 75.2 cm³/mol. The maximum Gasteiger partial charge on any atom is 0.261 e. The Bertz CT molecular complexity index is 595. The van der Waals surface area contributed by atoms with Gasteiger partial charge in [-0.15, -0.1) is 0 Å². The molecule has 0 amide bonds. The molecule has 19 heavy (non-hydrogen) atoms. The summed E-state index contributed by atoms with van der Waals surface area (Å²) in [5.41, 5.74) is 0.572. The SMILES string of the molecule is CCCNCC(O)Cn1cnc2ccccc2c1=O. The highest BCUT2D eigenvalue weighted by Gasteiger charge is 2.08. The number of aliphatic hydroxyl groups excluding tert-OH is 1. The first-order chi connectivity index (χ1) is 9.22. The zero-order chi connectivity index (χ0) is 13.7. The molecule has 0 aliphatic heterocycles. The average molecular weight is 261 g/mol. The highest BCUT2D eigenvalue weighted by atomic mass is 16.3. The standard InChI is InChI=1S/C14H19N3O2/c1-2-7-15-8-11(18)9-17-10-16-13-6-4-3-5-12(13)14(17)19/h3-6,10-11,15,18H,2,7-9H2,1H3. The summed E-state index contributed by atoms with van der Waals surface area (Å²) in [5.74, 6) is 0. The molecule has 0 saturated heterocycles. The zero-order valence-electron chi connectivity index (χ0n) is 11.0. The summed E-state index contributed by atoms with van der Waals surface area (Å²) in [6.45, 7) is 3.67. The van der Waals surface area contributed by atoms with Gasteiger partial charge in [0.1, 0.15) is 0 Å². The van der Waals surface area contributed by atoms with Crippen LogP contribution in [-0.2, 0) is 6.54 Å². The molecule has 0 bridgehead atoms. The Morgan fingerprint density at radius 3 is 3.00 bits per heavy atom. The van der Waals surface area contributed by atoms with Crippen molar-refractivity contribution in [2.45, 2.75) is 26.0 Å². The maximum absolute atomic E-state index is 12.2. The molecule has 2 rings (SSSR count). The normalized spacial score (nSPS) is 12.7. The molecule has 2 N–H and O–H groups in total. The lowest BCUT2D eigenvalue weighted by Crippen LogP contribution is -2.34. The molecular weight excluding hydrogens is 242 g/mol. The van der Waals surface area contributed by atoms with Crippen molar-refractivity contribution in [3.63, 3.8) is 0 Å². The number of nitrogens with zero attached hydrogens (tertiary/aromatic N) is 2. The van der Waals surface area contributed by atoms with Crippen molar-refractivity contribution in [1.29, 1.82) is 0 Å². The van der Waals surface area contributed by atoms with E-state index in [0.717, 1.165) is 13.0 Å². The predicted octanol–water partition coefficient (Wildman–Crippen LogP) is 0.757. The first kappa shape index (κ1) is 13.7. The van der Waals surface area contributed by atoms with Crippen molar-refractivity contribution < 1.29 is 5.11 Å². The van der Waals surface area contributed by atoms with Crippen molar-refractivity contribution in [2.24, 2.45) is 0 Å². The minimum absolute atomic E-state index is 0.111. The van der Waals surface area contributed by atoms with Gasteiger partial charge < -0.3 is 10.4 Å². The smallest absolute Gasteiger partial charge is 0.261 e. The van der Waals surface area contributed by atoms with Gasteiger partial charge in [0.05, 0.1) is 29.9 Å². The topological polar surface area (TPSA) is 67.2 Å². The van der Waals surface area contributed by atoms with Crippen molar-refractivity contribution in [3.05, 3.63) is 40.9 Å². The lowest BCUT2D eigenvalue weighted by atomic mass is 10.2. The average Bonchev–Trinajstić information content (AvgIpc) is 2.43. The molecule has 1 heterocycles. The van der Waals surface area contributed by atoms with E-state index in [1.807, 2.05) is 12.1 Å². The molecule has 2 aromatic rings. The third-order valence-corrected chi connectivity index (χ3v) is 2.95. The summed E-state index contributed by atoms with van der Waals surface area (Å²) in [4.78, 5) is 16.4. The van der Waals surface area contributed by atoms with Crippen LogP contribution in [0.1, 0.15) is 13.3 Å². The van der Waals surface area contributed by atoms with Crippen LogP contribution in [0.5, 0.6) is 0 Å². The van der Waals surface area contributed by atoms with Gasteiger partial charge in [0, 0.05) is 6.54 Å². The van der Waals surface area contributed by atoms with Crippen LogP contribution >= 0.6 is 0 Å². The van der Waals surface area contributed by atoms with Crippen LogP contribution in [0.4, 0.5) is 0 Å². The monoisotopic (exact) mass is 261 g/mol. The molecule has 1 aromatic heterocycles. The fraction of sp³-hybridized carbons (Fsp3) is 0.429. The molecule has 0 aliphatic rings. The number of para-hydroxylation sites is 1. The quantitative estimate of drug-likeness (QED) is 0.753. The van der Waals surface area contributed by atoms with Crippen molar-refractivity contribution in [1.82, 2.24) is 14.9 Å². The summed E-state index contributed by atoms with van der Waals surface area (Å²) in [7, 11) is 0. The van der Waals surface area contributed by atoms with Crippen LogP contribution in [-0.4, -0.2) is 33.9 Å². The van der Waals surface area contributed by atoms with E-state index in [4.69, 9.17) is 0 Å². The van der Waals surface area contributed by atoms with E-state index in [0.29, 0.717) is 17.4 Å². The molecule has 0 spiro atoms. The van der Waals surface area contributed by atoms with Crippen LogP contribution in [0.25, 0.3) is 10.9 Å². The Morgan fingerprint density at radius 2 is 2.21 bits per heavy atom. The van der Waals surface area contributed by atoms with Crippen LogP contribution in [0, 0.1) is 0 Å². The van der Waals surface area contributed by atoms with Gasteiger partial charge in [-0.1, -0.05) is 19.1 Å². The molecule has 5 heteroatoms. The van der Waals surface area contributed by atoms with E-state index in [2.05, 4.69) is 17.2 Å². The Morgan fingerprint density at radius 1 is 1.42 bits per heavy atom. The van der Waals surface area contributed by atoms with E-state index in [-0.39, 0.29) is 12.1 Å². The number of nitrogens with one attached hydrogen (secondary N) is 1. The lowest BCUT2D eigenvalue weighted by Gasteiger charge is -2.13. The van der Waals surface area contributed by atoms with E-state index >= 15 is 0 Å². The number of aromatic nitrogens is 2. The molecule has 1 atom stereocenters. The first-order valence-corrected chi connectivity index (χ1v) is 6.55. The molecule has 1 aromatic carbocycles. The molecular formula is C14H19N3O2. The van der Waals surface area contributed by atoms with Crippen molar-refractivity contribution in [2.75, 3.05) is 13.1 Å². The fourth-order valence-corrected chi connectivity index (χ4v) is 1.97. The van der Waals surface area contributed by atoms with Gasteiger partial charge in [-0.3, -0.25) is 9.36 Å². The maximum atomic E-state index is 12.2. The molecule has 0 fully saturated rings. The summed E-state index contributed by atoms with van der Waals surface area (Å²) < 4.78 is 1.46. The first-order valence-electron chi connectivity index (χ1n) is 6.55. The lowest BCUT2D eigenvalue weighted by molar-refractivity contribution is 0.150. The van der Waals surface area contributed by atoms with E-state index in [1.165, 1.54) is 10.9 Å². The van der Waals surface area contributed by atoms with Gasteiger partial charge in [0.2, 0.25) is 0 Å². The van der Waals surface area contributed by atoms with Gasteiger partial charge in [-0.05, 0) is 25.1 Å². The largest absolute Gasteiger partial charge is 0.390 e. The molecule has 0 saturated carbocycles. The Balaban J connectivity index is 2.13. The highest BCUT2D eigenvalue weighted by Crippen LogP contribution is 2.04. The summed E-state index contributed by atoms with van der Waals surface area (Å²) in [6, 6.07) is 7.22. The van der Waals surface area contributed by atoms with Crippen molar-refractivity contribution in [3.8, 4) is 0 Å². The second-order valence-electron chi connectivity index (χ2n) is 4.58.